The largest absolute Gasteiger partial charge is 0.496 e. The molecule has 2 aromatic rings. The first kappa shape index (κ1) is 21.0. The van der Waals surface area contributed by atoms with E-state index in [9.17, 15) is 10.1 Å². The minimum absolute atomic E-state index is 0.0725. The minimum Gasteiger partial charge on any atom is -0.496 e. The van der Waals surface area contributed by atoms with Gasteiger partial charge in [-0.1, -0.05) is 42.5 Å². The molecule has 0 aliphatic carbocycles. The summed E-state index contributed by atoms with van der Waals surface area (Å²) in [5.41, 5.74) is 3.08. The first-order chi connectivity index (χ1) is 13.5. The van der Waals surface area contributed by atoms with Crippen LogP contribution in [0.15, 0.2) is 65.7 Å². The lowest BCUT2D eigenvalue weighted by molar-refractivity contribution is -0.384. The second-order valence-electron chi connectivity index (χ2n) is 6.39. The molecule has 148 valence electrons. The van der Waals surface area contributed by atoms with E-state index in [0.29, 0.717) is 25.6 Å². The Labute approximate surface area is 165 Å². The van der Waals surface area contributed by atoms with Gasteiger partial charge in [-0.15, -0.1) is 0 Å². The first-order valence-corrected chi connectivity index (χ1v) is 9.01. The van der Waals surface area contributed by atoms with Gasteiger partial charge in [-0.2, -0.15) is 0 Å². The molecular weight excluding hydrogens is 356 g/mol. The Kier molecular flexibility index (Phi) is 8.02. The summed E-state index contributed by atoms with van der Waals surface area (Å²) >= 11 is 0. The number of rotatable bonds is 9. The van der Waals surface area contributed by atoms with E-state index in [1.807, 2.05) is 31.2 Å². The molecule has 28 heavy (non-hydrogen) atoms. The number of hydrogen-bond donors (Lipinski definition) is 2. The second-order valence-corrected chi connectivity index (χ2v) is 6.39. The van der Waals surface area contributed by atoms with Gasteiger partial charge in [0.05, 0.1) is 18.6 Å². The fourth-order valence-corrected chi connectivity index (χ4v) is 2.53. The number of nitrogens with zero attached hydrogens (tertiary/aromatic N) is 2. The molecule has 7 nitrogen and oxygen atoms in total. The van der Waals surface area contributed by atoms with Crippen molar-refractivity contribution in [1.82, 2.24) is 10.6 Å². The van der Waals surface area contributed by atoms with Crippen molar-refractivity contribution in [3.8, 4) is 5.75 Å². The summed E-state index contributed by atoms with van der Waals surface area (Å²) in [5, 5.41) is 17.3. The number of non-ortho nitro benzene ring substituents is 1. The number of aliphatic imine (C=N–C) groups is 1. The highest BCUT2D eigenvalue weighted by molar-refractivity contribution is 5.80. The highest BCUT2D eigenvalue weighted by atomic mass is 16.6. The smallest absolute Gasteiger partial charge is 0.269 e. The Balaban J connectivity index is 1.98. The van der Waals surface area contributed by atoms with Gasteiger partial charge >= 0.3 is 0 Å². The fraction of sp³-hybridized carbons (Fsp3) is 0.286. The number of nitro groups is 1. The van der Waals surface area contributed by atoms with Crippen LogP contribution < -0.4 is 15.4 Å². The highest BCUT2D eigenvalue weighted by Crippen LogP contribution is 2.17. The molecule has 7 heteroatoms. The van der Waals surface area contributed by atoms with Crippen molar-refractivity contribution >= 4 is 11.6 Å². The molecule has 0 spiro atoms. The minimum atomic E-state index is -0.410. The Hall–Kier alpha value is -3.35. The van der Waals surface area contributed by atoms with Crippen LogP contribution in [-0.4, -0.2) is 31.1 Å². The number of nitrogens with one attached hydrogen (secondary N) is 2. The molecular formula is C21H26N4O3. The van der Waals surface area contributed by atoms with Crippen molar-refractivity contribution in [2.24, 2.45) is 4.99 Å². The molecule has 0 unspecified atom stereocenters. The number of benzene rings is 2. The van der Waals surface area contributed by atoms with E-state index >= 15 is 0 Å². The van der Waals surface area contributed by atoms with Gasteiger partial charge in [-0.05, 0) is 30.5 Å². The molecule has 0 aliphatic heterocycles. The van der Waals surface area contributed by atoms with E-state index in [2.05, 4.69) is 22.2 Å². The van der Waals surface area contributed by atoms with E-state index in [1.165, 1.54) is 12.1 Å². The monoisotopic (exact) mass is 382 g/mol. The zero-order valence-corrected chi connectivity index (χ0v) is 16.3. The molecule has 0 fully saturated rings. The molecule has 2 aromatic carbocycles. The van der Waals surface area contributed by atoms with Gasteiger partial charge in [0.2, 0.25) is 0 Å². The summed E-state index contributed by atoms with van der Waals surface area (Å²) in [4.78, 5) is 14.9. The predicted octanol–water partition coefficient (Wildman–Crippen LogP) is 3.46. The fourth-order valence-electron chi connectivity index (χ4n) is 2.53. The van der Waals surface area contributed by atoms with Crippen molar-refractivity contribution in [1.29, 1.82) is 0 Å². The van der Waals surface area contributed by atoms with Crippen LogP contribution in [0.4, 0.5) is 5.69 Å². The maximum absolute atomic E-state index is 10.7. The van der Waals surface area contributed by atoms with Gasteiger partial charge in [0.25, 0.3) is 5.69 Å². The van der Waals surface area contributed by atoms with Crippen LogP contribution in [0.5, 0.6) is 5.75 Å². The molecule has 0 saturated heterocycles. The molecule has 0 aliphatic rings. The molecule has 0 atom stereocenters. The Morgan fingerprint density at radius 2 is 1.89 bits per heavy atom. The summed E-state index contributed by atoms with van der Waals surface area (Å²) in [5.74, 6) is 1.53. The zero-order chi connectivity index (χ0) is 20.4. The molecule has 0 amide bonds. The average molecular weight is 382 g/mol. The Bertz CT molecular complexity index is 832. The number of guanidine groups is 1. The lowest BCUT2D eigenvalue weighted by Crippen LogP contribution is -2.39. The molecule has 0 saturated carbocycles. The van der Waals surface area contributed by atoms with Crippen LogP contribution in [0.3, 0.4) is 0 Å². The highest BCUT2D eigenvalue weighted by Gasteiger charge is 2.05. The van der Waals surface area contributed by atoms with Crippen molar-refractivity contribution < 1.29 is 9.66 Å². The van der Waals surface area contributed by atoms with Crippen LogP contribution >= 0.6 is 0 Å². The first-order valence-electron chi connectivity index (χ1n) is 9.01. The van der Waals surface area contributed by atoms with Crippen molar-refractivity contribution in [3.63, 3.8) is 0 Å². The molecule has 0 radical (unpaired) electrons. The van der Waals surface area contributed by atoms with Crippen molar-refractivity contribution in [2.45, 2.75) is 19.9 Å². The lowest BCUT2D eigenvalue weighted by atomic mass is 10.1. The third kappa shape index (κ3) is 6.75. The van der Waals surface area contributed by atoms with Crippen LogP contribution in [0.1, 0.15) is 18.1 Å². The van der Waals surface area contributed by atoms with Gasteiger partial charge in [0, 0.05) is 25.2 Å². The Morgan fingerprint density at radius 1 is 1.18 bits per heavy atom. The average Bonchev–Trinajstić information content (AvgIpc) is 2.70. The number of para-hydroxylation sites is 1. The van der Waals surface area contributed by atoms with Gasteiger partial charge in [0.1, 0.15) is 5.75 Å². The summed E-state index contributed by atoms with van der Waals surface area (Å²) in [7, 11) is 1.66. The predicted molar refractivity (Wildman–Crippen MR) is 112 cm³/mol. The van der Waals surface area contributed by atoms with Crippen LogP contribution in [-0.2, 0) is 13.0 Å². The molecule has 0 bridgehead atoms. The maximum Gasteiger partial charge on any atom is 0.269 e. The Morgan fingerprint density at radius 3 is 2.54 bits per heavy atom. The number of ether oxygens (including phenoxy) is 1. The van der Waals surface area contributed by atoms with E-state index in [-0.39, 0.29) is 5.69 Å². The molecule has 0 heterocycles. The standard InChI is InChI=1S/C21H26N4O3/c1-16(2)14-23-21(22-13-12-18-6-4-5-7-20(18)28-3)24-15-17-8-10-19(11-9-17)25(26)27/h4-11H,1,12-15H2,2-3H3,(H2,22,23,24). The zero-order valence-electron chi connectivity index (χ0n) is 16.3. The van der Waals surface area contributed by atoms with Crippen molar-refractivity contribution in [2.75, 3.05) is 20.2 Å². The number of hydrogen-bond acceptors (Lipinski definition) is 4. The number of methoxy groups -OCH3 is 1. The third-order valence-corrected chi connectivity index (χ3v) is 4.00. The van der Waals surface area contributed by atoms with Crippen LogP contribution in [0.25, 0.3) is 0 Å². The molecule has 2 rings (SSSR count). The normalized spacial score (nSPS) is 11.0. The SMILES string of the molecule is C=C(C)CNC(=NCc1ccc([N+](=O)[O-])cc1)NCCc1ccccc1OC. The quantitative estimate of drug-likeness (QED) is 0.228. The second kappa shape index (κ2) is 10.7. The summed E-state index contributed by atoms with van der Waals surface area (Å²) in [6.07, 6.45) is 0.787. The van der Waals surface area contributed by atoms with E-state index < -0.39 is 4.92 Å². The van der Waals surface area contributed by atoms with Gasteiger partial charge < -0.3 is 15.4 Å². The molecule has 2 N–H and O–H groups in total. The van der Waals surface area contributed by atoms with Crippen LogP contribution in [0.2, 0.25) is 0 Å². The van der Waals surface area contributed by atoms with Crippen molar-refractivity contribution in [3.05, 3.63) is 81.9 Å². The molecule has 0 aromatic heterocycles. The van der Waals surface area contributed by atoms with E-state index in [0.717, 1.165) is 28.9 Å². The topological polar surface area (TPSA) is 88.8 Å². The van der Waals surface area contributed by atoms with Gasteiger partial charge in [-0.25, -0.2) is 4.99 Å². The van der Waals surface area contributed by atoms with E-state index in [1.54, 1.807) is 19.2 Å². The third-order valence-electron chi connectivity index (χ3n) is 4.00. The van der Waals surface area contributed by atoms with Gasteiger partial charge in [0.15, 0.2) is 5.96 Å². The summed E-state index contributed by atoms with van der Waals surface area (Å²) < 4.78 is 5.38. The maximum atomic E-state index is 10.7. The number of nitro benzene ring substituents is 1. The summed E-state index contributed by atoms with van der Waals surface area (Å²) in [6, 6.07) is 14.3. The van der Waals surface area contributed by atoms with Gasteiger partial charge in [-0.3, -0.25) is 10.1 Å². The summed E-state index contributed by atoms with van der Waals surface area (Å²) in [6.45, 7) is 7.55. The lowest BCUT2D eigenvalue weighted by Gasteiger charge is -2.14. The van der Waals surface area contributed by atoms with E-state index in [4.69, 9.17) is 4.74 Å². The van der Waals surface area contributed by atoms with Crippen LogP contribution in [0, 0.1) is 10.1 Å².